The van der Waals surface area contributed by atoms with E-state index in [0.29, 0.717) is 36.3 Å². The number of hydrogen-bond donors (Lipinski definition) is 2. The van der Waals surface area contributed by atoms with Gasteiger partial charge in [-0.1, -0.05) is 6.92 Å². The topological polar surface area (TPSA) is 71.9 Å². The summed E-state index contributed by atoms with van der Waals surface area (Å²) >= 11 is 5.23. The average molecular weight is 296 g/mol. The number of aromatic nitrogens is 3. The van der Waals surface area contributed by atoms with Crippen LogP contribution in [0, 0.1) is 10.7 Å². The Bertz CT molecular complexity index is 549. The first-order valence-corrected chi connectivity index (χ1v) is 7.62. The number of ether oxygens (including phenoxy) is 1. The van der Waals surface area contributed by atoms with Crippen molar-refractivity contribution in [2.75, 3.05) is 13.2 Å². The number of rotatable bonds is 5. The van der Waals surface area contributed by atoms with Gasteiger partial charge in [0.2, 0.25) is 5.91 Å². The fraction of sp³-hybridized carbons (Fsp3) is 0.769. The summed E-state index contributed by atoms with van der Waals surface area (Å²) in [5.41, 5.74) is 0. The Balaban J connectivity index is 1.54. The Kier molecular flexibility index (Phi) is 3.89. The van der Waals surface area contributed by atoms with Crippen molar-refractivity contribution in [3.63, 3.8) is 0 Å². The van der Waals surface area contributed by atoms with Crippen LogP contribution in [-0.4, -0.2) is 39.9 Å². The molecule has 1 saturated heterocycles. The lowest BCUT2D eigenvalue weighted by Crippen LogP contribution is -2.38. The minimum Gasteiger partial charge on any atom is -0.368 e. The van der Waals surface area contributed by atoms with E-state index in [0.717, 1.165) is 12.2 Å². The Morgan fingerprint density at radius 2 is 2.35 bits per heavy atom. The van der Waals surface area contributed by atoms with E-state index in [4.69, 9.17) is 17.0 Å². The fourth-order valence-corrected chi connectivity index (χ4v) is 2.85. The molecule has 7 heteroatoms. The van der Waals surface area contributed by atoms with E-state index in [1.807, 2.05) is 4.57 Å². The lowest BCUT2D eigenvalue weighted by Gasteiger charge is -2.14. The third-order valence-corrected chi connectivity index (χ3v) is 4.32. The maximum absolute atomic E-state index is 12.0. The molecule has 1 aliphatic heterocycles. The van der Waals surface area contributed by atoms with Crippen molar-refractivity contribution >= 4 is 18.1 Å². The number of aromatic amines is 1. The number of nitrogens with zero attached hydrogens (tertiary/aromatic N) is 2. The van der Waals surface area contributed by atoms with Crippen LogP contribution in [0.4, 0.5) is 0 Å². The van der Waals surface area contributed by atoms with Gasteiger partial charge in [0.1, 0.15) is 11.9 Å². The third-order valence-electron chi connectivity index (χ3n) is 4.01. The molecule has 0 aromatic carbocycles. The fourth-order valence-electron chi connectivity index (χ4n) is 2.62. The highest BCUT2D eigenvalue weighted by molar-refractivity contribution is 7.71. The standard InChI is InChI=1S/C13H20N4O2S/c1-8-4-7-19-10(8)12(18)14-5-6-17-11(9-2-3-9)15-16-13(17)20/h8-10H,2-7H2,1H3,(H,14,18)(H,16,20)/t8-,10-/m1/s1. The van der Waals surface area contributed by atoms with Gasteiger partial charge in [-0.2, -0.15) is 5.10 Å². The summed E-state index contributed by atoms with van der Waals surface area (Å²) in [6.07, 6.45) is 3.02. The first-order valence-electron chi connectivity index (χ1n) is 7.21. The SMILES string of the molecule is C[C@@H]1CCO[C@H]1C(=O)NCCn1c(C2CC2)n[nH]c1=S. The predicted molar refractivity (Wildman–Crippen MR) is 75.9 cm³/mol. The first kappa shape index (κ1) is 13.8. The van der Waals surface area contributed by atoms with Gasteiger partial charge in [0, 0.05) is 25.6 Å². The van der Waals surface area contributed by atoms with Gasteiger partial charge in [-0.3, -0.25) is 9.89 Å². The summed E-state index contributed by atoms with van der Waals surface area (Å²) < 4.78 is 8.08. The smallest absolute Gasteiger partial charge is 0.249 e. The number of H-pyrrole nitrogens is 1. The molecule has 0 bridgehead atoms. The zero-order chi connectivity index (χ0) is 14.1. The molecule has 1 saturated carbocycles. The molecule has 1 aliphatic carbocycles. The molecule has 0 unspecified atom stereocenters. The first-order chi connectivity index (χ1) is 9.66. The zero-order valence-corrected chi connectivity index (χ0v) is 12.4. The largest absolute Gasteiger partial charge is 0.368 e. The molecular formula is C13H20N4O2S. The van der Waals surface area contributed by atoms with Crippen LogP contribution < -0.4 is 5.32 Å². The van der Waals surface area contributed by atoms with E-state index in [-0.39, 0.29) is 12.0 Å². The van der Waals surface area contributed by atoms with Crippen molar-refractivity contribution in [2.24, 2.45) is 5.92 Å². The number of carbonyl (C=O) groups is 1. The molecule has 2 N–H and O–H groups in total. The van der Waals surface area contributed by atoms with Crippen LogP contribution in [0.3, 0.4) is 0 Å². The summed E-state index contributed by atoms with van der Waals surface area (Å²) in [6, 6.07) is 0. The van der Waals surface area contributed by atoms with Crippen molar-refractivity contribution in [3.05, 3.63) is 10.6 Å². The van der Waals surface area contributed by atoms with Crippen LogP contribution >= 0.6 is 12.2 Å². The zero-order valence-electron chi connectivity index (χ0n) is 11.6. The second kappa shape index (κ2) is 5.65. The molecule has 2 atom stereocenters. The van der Waals surface area contributed by atoms with Gasteiger partial charge in [0.15, 0.2) is 4.77 Å². The van der Waals surface area contributed by atoms with E-state index in [9.17, 15) is 4.79 Å². The average Bonchev–Trinajstić information content (AvgIpc) is 3.08. The highest BCUT2D eigenvalue weighted by Crippen LogP contribution is 2.38. The molecule has 1 aromatic rings. The van der Waals surface area contributed by atoms with Gasteiger partial charge in [-0.15, -0.1) is 0 Å². The molecule has 20 heavy (non-hydrogen) atoms. The van der Waals surface area contributed by atoms with E-state index in [1.165, 1.54) is 12.8 Å². The maximum atomic E-state index is 12.0. The summed E-state index contributed by atoms with van der Waals surface area (Å²) in [5.74, 6) is 1.85. The lowest BCUT2D eigenvalue weighted by molar-refractivity contribution is -0.131. The number of amides is 1. The summed E-state index contributed by atoms with van der Waals surface area (Å²) in [4.78, 5) is 12.0. The molecule has 6 nitrogen and oxygen atoms in total. The van der Waals surface area contributed by atoms with Gasteiger partial charge >= 0.3 is 0 Å². The second-order valence-electron chi connectivity index (χ2n) is 5.66. The number of carbonyl (C=O) groups excluding carboxylic acids is 1. The van der Waals surface area contributed by atoms with Crippen LogP contribution in [0.15, 0.2) is 0 Å². The minimum atomic E-state index is -0.296. The molecule has 0 spiro atoms. The lowest BCUT2D eigenvalue weighted by atomic mass is 10.0. The Hall–Kier alpha value is -1.21. The van der Waals surface area contributed by atoms with Crippen molar-refractivity contribution in [3.8, 4) is 0 Å². The van der Waals surface area contributed by atoms with Crippen molar-refractivity contribution in [2.45, 2.75) is 44.8 Å². The van der Waals surface area contributed by atoms with E-state index in [1.54, 1.807) is 0 Å². The Morgan fingerprint density at radius 3 is 3.00 bits per heavy atom. The molecular weight excluding hydrogens is 276 g/mol. The van der Waals surface area contributed by atoms with Crippen molar-refractivity contribution < 1.29 is 9.53 Å². The van der Waals surface area contributed by atoms with Crippen molar-refractivity contribution in [1.82, 2.24) is 20.1 Å². The van der Waals surface area contributed by atoms with Crippen LogP contribution in [-0.2, 0) is 16.1 Å². The summed E-state index contributed by atoms with van der Waals surface area (Å²) in [7, 11) is 0. The Labute approximate surface area is 122 Å². The molecule has 2 aliphatic rings. The van der Waals surface area contributed by atoms with Gasteiger partial charge in [-0.05, 0) is 37.4 Å². The molecule has 1 aromatic heterocycles. The maximum Gasteiger partial charge on any atom is 0.249 e. The monoisotopic (exact) mass is 296 g/mol. The van der Waals surface area contributed by atoms with Crippen LogP contribution in [0.1, 0.15) is 37.9 Å². The van der Waals surface area contributed by atoms with Gasteiger partial charge < -0.3 is 14.6 Å². The molecule has 3 rings (SSSR count). The summed E-state index contributed by atoms with van der Waals surface area (Å²) in [5, 5.41) is 10.0. The molecule has 110 valence electrons. The highest BCUT2D eigenvalue weighted by Gasteiger charge is 2.31. The van der Waals surface area contributed by atoms with Gasteiger partial charge in [0.25, 0.3) is 0 Å². The second-order valence-corrected chi connectivity index (χ2v) is 6.05. The molecule has 2 heterocycles. The quantitative estimate of drug-likeness (QED) is 0.805. The van der Waals surface area contributed by atoms with Crippen molar-refractivity contribution in [1.29, 1.82) is 0 Å². The highest BCUT2D eigenvalue weighted by atomic mass is 32.1. The molecule has 1 amide bonds. The van der Waals surface area contributed by atoms with E-state index >= 15 is 0 Å². The molecule has 0 radical (unpaired) electrons. The third kappa shape index (κ3) is 2.78. The number of hydrogen-bond acceptors (Lipinski definition) is 4. The molecule has 2 fully saturated rings. The normalized spacial score (nSPS) is 25.9. The van der Waals surface area contributed by atoms with Crippen LogP contribution in [0.25, 0.3) is 0 Å². The van der Waals surface area contributed by atoms with Gasteiger partial charge in [-0.25, -0.2) is 0 Å². The minimum absolute atomic E-state index is 0.0158. The van der Waals surface area contributed by atoms with E-state index < -0.39 is 0 Å². The van der Waals surface area contributed by atoms with E-state index in [2.05, 4.69) is 22.4 Å². The summed E-state index contributed by atoms with van der Waals surface area (Å²) in [6.45, 7) is 3.94. The predicted octanol–water partition coefficient (Wildman–Crippen LogP) is 1.36. The number of nitrogens with one attached hydrogen (secondary N) is 2. The van der Waals surface area contributed by atoms with Crippen LogP contribution in [0.2, 0.25) is 0 Å². The van der Waals surface area contributed by atoms with Gasteiger partial charge in [0.05, 0.1) is 0 Å². The Morgan fingerprint density at radius 1 is 1.55 bits per heavy atom. The van der Waals surface area contributed by atoms with Crippen LogP contribution in [0.5, 0.6) is 0 Å².